The molecule has 0 saturated heterocycles. The fourth-order valence-corrected chi connectivity index (χ4v) is 2.52. The molecule has 3 nitrogen and oxygen atoms in total. The predicted octanol–water partition coefficient (Wildman–Crippen LogP) is 2.58. The second kappa shape index (κ2) is 5.40. The summed E-state index contributed by atoms with van der Waals surface area (Å²) in [7, 11) is 1.95. The topological polar surface area (TPSA) is 45.2 Å². The second-order valence-corrected chi connectivity index (χ2v) is 4.77. The van der Waals surface area contributed by atoms with Crippen molar-refractivity contribution in [3.05, 3.63) is 41.0 Å². The molecule has 4 heteroatoms. The van der Waals surface area contributed by atoms with E-state index in [2.05, 4.69) is 41.5 Å². The number of nitrogens with zero attached hydrogens (tertiary/aromatic N) is 1. The first-order chi connectivity index (χ1) is 8.26. The zero-order valence-corrected chi connectivity index (χ0v) is 10.8. The highest BCUT2D eigenvalue weighted by molar-refractivity contribution is 7.13. The Hall–Kier alpha value is -1.23. The van der Waals surface area contributed by atoms with Crippen molar-refractivity contribution in [2.24, 2.45) is 0 Å². The van der Waals surface area contributed by atoms with Crippen LogP contribution in [0.1, 0.15) is 24.2 Å². The van der Waals surface area contributed by atoms with Gasteiger partial charge in [-0.3, -0.25) is 0 Å². The van der Waals surface area contributed by atoms with Gasteiger partial charge in [-0.05, 0) is 25.1 Å². The normalized spacial score (nSPS) is 12.6. The molecule has 0 aliphatic heterocycles. The second-order valence-electron chi connectivity index (χ2n) is 3.92. The van der Waals surface area contributed by atoms with E-state index in [0.717, 1.165) is 16.1 Å². The van der Waals surface area contributed by atoms with Gasteiger partial charge in [0.05, 0.1) is 22.7 Å². The Kier molecular flexibility index (Phi) is 3.89. The molecule has 0 spiro atoms. The van der Waals surface area contributed by atoms with Gasteiger partial charge in [0.2, 0.25) is 0 Å². The van der Waals surface area contributed by atoms with Gasteiger partial charge in [0, 0.05) is 6.04 Å². The smallest absolute Gasteiger partial charge is 0.0867 e. The summed E-state index contributed by atoms with van der Waals surface area (Å²) in [5.74, 6) is 0. The number of aliphatic hydroxyl groups excluding tert-OH is 1. The number of rotatable bonds is 4. The fourth-order valence-electron chi connectivity index (χ4n) is 1.71. The van der Waals surface area contributed by atoms with Crippen molar-refractivity contribution in [1.82, 2.24) is 10.3 Å². The molecule has 0 unspecified atom stereocenters. The molecule has 0 fully saturated rings. The summed E-state index contributed by atoms with van der Waals surface area (Å²) in [5, 5.41) is 12.4. The molecule has 0 amide bonds. The number of aliphatic hydroxyl groups is 1. The first-order valence-electron chi connectivity index (χ1n) is 5.57. The highest BCUT2D eigenvalue weighted by Crippen LogP contribution is 2.28. The highest BCUT2D eigenvalue weighted by Gasteiger charge is 2.08. The van der Waals surface area contributed by atoms with Gasteiger partial charge < -0.3 is 10.4 Å². The van der Waals surface area contributed by atoms with Crippen LogP contribution in [0.25, 0.3) is 10.4 Å². The molecule has 0 radical (unpaired) electrons. The van der Waals surface area contributed by atoms with Crippen molar-refractivity contribution >= 4 is 11.3 Å². The Labute approximate surface area is 105 Å². The monoisotopic (exact) mass is 248 g/mol. The molecular weight excluding hydrogens is 232 g/mol. The Morgan fingerprint density at radius 2 is 2.06 bits per heavy atom. The van der Waals surface area contributed by atoms with Crippen molar-refractivity contribution in [1.29, 1.82) is 0 Å². The van der Waals surface area contributed by atoms with Gasteiger partial charge in [-0.15, -0.1) is 11.3 Å². The SMILES string of the molecule is CN[C@@H](C)c1ccc(-c2scnc2CO)cc1. The molecule has 90 valence electrons. The first-order valence-corrected chi connectivity index (χ1v) is 6.45. The van der Waals surface area contributed by atoms with Crippen LogP contribution in [0.2, 0.25) is 0 Å². The van der Waals surface area contributed by atoms with E-state index in [1.54, 1.807) is 16.8 Å². The Balaban J connectivity index is 2.29. The molecule has 2 N–H and O–H groups in total. The van der Waals surface area contributed by atoms with Crippen LogP contribution < -0.4 is 5.32 Å². The number of nitrogens with one attached hydrogen (secondary N) is 1. The minimum atomic E-state index is -0.00645. The number of thiazole rings is 1. The Bertz CT molecular complexity index is 478. The van der Waals surface area contributed by atoms with Crippen LogP contribution in [-0.2, 0) is 6.61 Å². The molecule has 2 rings (SSSR count). The number of benzene rings is 1. The van der Waals surface area contributed by atoms with E-state index in [0.29, 0.717) is 6.04 Å². The lowest BCUT2D eigenvalue weighted by molar-refractivity contribution is 0.278. The number of aromatic nitrogens is 1. The maximum Gasteiger partial charge on any atom is 0.0867 e. The van der Waals surface area contributed by atoms with Crippen LogP contribution in [0.5, 0.6) is 0 Å². The molecule has 2 aromatic rings. The molecular formula is C13H16N2OS. The zero-order valence-electron chi connectivity index (χ0n) is 9.97. The third kappa shape index (κ3) is 2.54. The highest BCUT2D eigenvalue weighted by atomic mass is 32.1. The largest absolute Gasteiger partial charge is 0.390 e. The van der Waals surface area contributed by atoms with E-state index in [1.807, 2.05) is 7.05 Å². The molecule has 1 aromatic heterocycles. The maximum atomic E-state index is 9.18. The summed E-state index contributed by atoms with van der Waals surface area (Å²) in [6.45, 7) is 2.12. The summed E-state index contributed by atoms with van der Waals surface area (Å²) in [6, 6.07) is 8.73. The van der Waals surface area contributed by atoms with E-state index in [4.69, 9.17) is 0 Å². The average Bonchev–Trinajstić information content (AvgIpc) is 2.86. The summed E-state index contributed by atoms with van der Waals surface area (Å²) in [4.78, 5) is 5.19. The average molecular weight is 248 g/mol. The van der Waals surface area contributed by atoms with E-state index < -0.39 is 0 Å². The van der Waals surface area contributed by atoms with Gasteiger partial charge in [-0.25, -0.2) is 4.98 Å². The fraction of sp³-hybridized carbons (Fsp3) is 0.308. The molecule has 0 bridgehead atoms. The molecule has 0 aliphatic rings. The van der Waals surface area contributed by atoms with E-state index in [1.165, 1.54) is 5.56 Å². The maximum absolute atomic E-state index is 9.18. The third-order valence-corrected chi connectivity index (χ3v) is 3.81. The number of hydrogen-bond acceptors (Lipinski definition) is 4. The third-order valence-electron chi connectivity index (χ3n) is 2.90. The first kappa shape index (κ1) is 12.2. The van der Waals surface area contributed by atoms with Gasteiger partial charge in [0.1, 0.15) is 0 Å². The van der Waals surface area contributed by atoms with Gasteiger partial charge in [-0.2, -0.15) is 0 Å². The Morgan fingerprint density at radius 3 is 2.65 bits per heavy atom. The van der Waals surface area contributed by atoms with Crippen LogP contribution in [0, 0.1) is 0 Å². The van der Waals surface area contributed by atoms with Crippen molar-refractivity contribution in [2.75, 3.05) is 7.05 Å². The zero-order chi connectivity index (χ0) is 12.3. The van der Waals surface area contributed by atoms with Crippen molar-refractivity contribution in [2.45, 2.75) is 19.6 Å². The summed E-state index contributed by atoms with van der Waals surface area (Å²) in [5.41, 5.74) is 4.89. The van der Waals surface area contributed by atoms with Crippen LogP contribution in [0.4, 0.5) is 0 Å². The molecule has 1 atom stereocenters. The summed E-state index contributed by atoms with van der Waals surface area (Å²) in [6.07, 6.45) is 0. The minimum absolute atomic E-state index is 0.00645. The van der Waals surface area contributed by atoms with Crippen LogP contribution in [-0.4, -0.2) is 17.1 Å². The van der Waals surface area contributed by atoms with Crippen molar-refractivity contribution in [3.8, 4) is 10.4 Å². The van der Waals surface area contributed by atoms with Crippen molar-refractivity contribution in [3.63, 3.8) is 0 Å². The lowest BCUT2D eigenvalue weighted by Crippen LogP contribution is -2.11. The Morgan fingerprint density at radius 1 is 1.35 bits per heavy atom. The summed E-state index contributed by atoms with van der Waals surface area (Å²) >= 11 is 1.56. The van der Waals surface area contributed by atoms with E-state index in [-0.39, 0.29) is 6.61 Å². The van der Waals surface area contributed by atoms with Gasteiger partial charge in [-0.1, -0.05) is 24.3 Å². The van der Waals surface area contributed by atoms with E-state index >= 15 is 0 Å². The minimum Gasteiger partial charge on any atom is -0.390 e. The predicted molar refractivity (Wildman–Crippen MR) is 70.9 cm³/mol. The lowest BCUT2D eigenvalue weighted by atomic mass is 10.1. The van der Waals surface area contributed by atoms with Crippen LogP contribution in [0.15, 0.2) is 29.8 Å². The van der Waals surface area contributed by atoms with E-state index in [9.17, 15) is 5.11 Å². The standard InChI is InChI=1S/C13H16N2OS/c1-9(14-2)10-3-5-11(6-4-10)13-12(7-16)15-8-17-13/h3-6,8-9,14,16H,7H2,1-2H3/t9-/m0/s1. The van der Waals surface area contributed by atoms with Crippen LogP contribution >= 0.6 is 11.3 Å². The van der Waals surface area contributed by atoms with Crippen molar-refractivity contribution < 1.29 is 5.11 Å². The van der Waals surface area contributed by atoms with Crippen LogP contribution in [0.3, 0.4) is 0 Å². The molecule has 17 heavy (non-hydrogen) atoms. The summed E-state index contributed by atoms with van der Waals surface area (Å²) < 4.78 is 0. The quantitative estimate of drug-likeness (QED) is 0.874. The molecule has 1 heterocycles. The van der Waals surface area contributed by atoms with Gasteiger partial charge in [0.15, 0.2) is 0 Å². The number of hydrogen-bond donors (Lipinski definition) is 2. The van der Waals surface area contributed by atoms with Gasteiger partial charge >= 0.3 is 0 Å². The lowest BCUT2D eigenvalue weighted by Gasteiger charge is -2.10. The molecule has 1 aromatic carbocycles. The van der Waals surface area contributed by atoms with Gasteiger partial charge in [0.25, 0.3) is 0 Å². The molecule has 0 aliphatic carbocycles. The molecule has 0 saturated carbocycles.